The smallest absolute Gasteiger partial charge is 0.338 e. The summed E-state index contributed by atoms with van der Waals surface area (Å²) in [6.45, 7) is 0.138. The third kappa shape index (κ3) is 5.22. The van der Waals surface area contributed by atoms with Gasteiger partial charge in [-0.15, -0.1) is 0 Å². The molecule has 2 aromatic carbocycles. The van der Waals surface area contributed by atoms with Crippen molar-refractivity contribution in [2.45, 2.75) is 12.5 Å². The Bertz CT molecular complexity index is 732. The zero-order valence-electron chi connectivity index (χ0n) is 13.4. The highest BCUT2D eigenvalue weighted by atomic mass is 16.5. The molecule has 0 aliphatic heterocycles. The van der Waals surface area contributed by atoms with Gasteiger partial charge in [0.15, 0.2) is 11.5 Å². The lowest BCUT2D eigenvalue weighted by Crippen LogP contribution is -2.40. The summed E-state index contributed by atoms with van der Waals surface area (Å²) in [4.78, 5) is 23.1. The molecule has 0 amide bonds. The van der Waals surface area contributed by atoms with Crippen LogP contribution in [0.2, 0.25) is 0 Å². The van der Waals surface area contributed by atoms with Gasteiger partial charge < -0.3 is 25.4 Å². The highest BCUT2D eigenvalue weighted by molar-refractivity contribution is 5.89. The fourth-order valence-corrected chi connectivity index (χ4v) is 2.24. The van der Waals surface area contributed by atoms with Gasteiger partial charge in [-0.1, -0.05) is 30.3 Å². The van der Waals surface area contributed by atoms with Crippen LogP contribution in [0.15, 0.2) is 48.5 Å². The lowest BCUT2D eigenvalue weighted by atomic mass is 10.0. The second-order valence-corrected chi connectivity index (χ2v) is 5.34. The fourth-order valence-electron chi connectivity index (χ4n) is 2.24. The van der Waals surface area contributed by atoms with E-state index in [-0.39, 0.29) is 31.1 Å². The Morgan fingerprint density at radius 1 is 1.04 bits per heavy atom. The molecule has 0 spiro atoms. The number of hydrogen-bond donors (Lipinski definition) is 4. The van der Waals surface area contributed by atoms with Crippen LogP contribution >= 0.6 is 0 Å². The molecule has 0 aliphatic carbocycles. The van der Waals surface area contributed by atoms with E-state index in [1.54, 1.807) is 30.3 Å². The maximum absolute atomic E-state index is 11.8. The summed E-state index contributed by atoms with van der Waals surface area (Å²) in [5.74, 6) is -2.25. The number of aliphatic carboxylic acids is 1. The van der Waals surface area contributed by atoms with Gasteiger partial charge in [0.05, 0.1) is 5.56 Å². The maximum atomic E-state index is 11.8. The average Bonchev–Trinajstić information content (AvgIpc) is 2.61. The quantitative estimate of drug-likeness (QED) is 0.326. The van der Waals surface area contributed by atoms with Crippen LogP contribution in [0.3, 0.4) is 0 Å². The Morgan fingerprint density at radius 2 is 1.76 bits per heavy atom. The number of hydrogen-bond acceptors (Lipinski definition) is 6. The molecule has 0 bridgehead atoms. The van der Waals surface area contributed by atoms with Crippen molar-refractivity contribution in [2.75, 3.05) is 13.2 Å². The van der Waals surface area contributed by atoms with Crippen molar-refractivity contribution >= 4 is 11.9 Å². The van der Waals surface area contributed by atoms with Gasteiger partial charge in [0.25, 0.3) is 0 Å². The molecule has 0 radical (unpaired) electrons. The molecular weight excluding hydrogens is 326 g/mol. The van der Waals surface area contributed by atoms with Crippen molar-refractivity contribution in [3.8, 4) is 11.5 Å². The summed E-state index contributed by atoms with van der Waals surface area (Å²) in [6, 6.07) is 11.8. The van der Waals surface area contributed by atoms with Crippen molar-refractivity contribution in [2.24, 2.45) is 0 Å². The molecule has 2 rings (SSSR count). The van der Waals surface area contributed by atoms with E-state index < -0.39 is 18.0 Å². The lowest BCUT2D eigenvalue weighted by Gasteiger charge is -2.15. The third-order valence-electron chi connectivity index (χ3n) is 3.56. The number of para-hydroxylation sites is 1. The van der Waals surface area contributed by atoms with Crippen molar-refractivity contribution in [1.29, 1.82) is 0 Å². The number of nitrogens with one attached hydrogen (secondary N) is 1. The number of carbonyl (C=O) groups is 2. The molecule has 0 aliphatic rings. The topological polar surface area (TPSA) is 116 Å². The van der Waals surface area contributed by atoms with E-state index in [1.807, 2.05) is 0 Å². The number of carbonyl (C=O) groups excluding carboxylic acids is 1. The van der Waals surface area contributed by atoms with Crippen LogP contribution in [0, 0.1) is 0 Å². The Hall–Kier alpha value is -3.06. The number of aromatic hydroxyl groups is 2. The predicted octanol–water partition coefficient (Wildman–Crippen LogP) is 1.54. The third-order valence-corrected chi connectivity index (χ3v) is 3.56. The molecule has 0 saturated heterocycles. The van der Waals surface area contributed by atoms with Crippen molar-refractivity contribution in [3.05, 3.63) is 59.7 Å². The number of esters is 1. The van der Waals surface area contributed by atoms with Crippen LogP contribution in [0.25, 0.3) is 0 Å². The van der Waals surface area contributed by atoms with Crippen LogP contribution in [0.5, 0.6) is 11.5 Å². The van der Waals surface area contributed by atoms with E-state index in [4.69, 9.17) is 4.74 Å². The summed E-state index contributed by atoms with van der Waals surface area (Å²) in [6.07, 6.45) is -0.0256. The number of phenolic OH excluding ortho intramolecular Hbond substituents is 2. The first kappa shape index (κ1) is 18.3. The van der Waals surface area contributed by atoms with Crippen molar-refractivity contribution in [1.82, 2.24) is 5.32 Å². The molecule has 4 N–H and O–H groups in total. The Labute approximate surface area is 144 Å². The van der Waals surface area contributed by atoms with Crippen LogP contribution in [-0.2, 0) is 16.0 Å². The predicted molar refractivity (Wildman–Crippen MR) is 89.6 cm³/mol. The number of carboxylic acids is 1. The molecule has 132 valence electrons. The van der Waals surface area contributed by atoms with Crippen LogP contribution < -0.4 is 5.32 Å². The number of ether oxygens (including phenoxy) is 1. The largest absolute Gasteiger partial charge is 0.504 e. The first-order valence-electron chi connectivity index (χ1n) is 7.67. The van der Waals surface area contributed by atoms with Gasteiger partial charge in [0, 0.05) is 13.0 Å². The van der Waals surface area contributed by atoms with Gasteiger partial charge in [0.1, 0.15) is 12.6 Å². The molecule has 0 unspecified atom stereocenters. The van der Waals surface area contributed by atoms with Gasteiger partial charge in [-0.25, -0.2) is 4.79 Å². The van der Waals surface area contributed by atoms with Crippen LogP contribution in [-0.4, -0.2) is 46.5 Å². The highest BCUT2D eigenvalue weighted by Gasteiger charge is 2.20. The van der Waals surface area contributed by atoms with E-state index in [9.17, 15) is 24.9 Å². The minimum absolute atomic E-state index is 0.00350. The first-order chi connectivity index (χ1) is 12.0. The maximum Gasteiger partial charge on any atom is 0.338 e. The summed E-state index contributed by atoms with van der Waals surface area (Å²) in [5, 5.41) is 31.2. The molecule has 2 aromatic rings. The standard InChI is InChI=1S/C18H19NO6/c20-15-8-4-7-13(16(15)21)11-14(17(22)23)19-9-10-25-18(24)12-5-2-1-3-6-12/h1-8,14,19-21H,9-11H2,(H,22,23)/t14-/m0/s1. The van der Waals surface area contributed by atoms with E-state index in [0.717, 1.165) is 0 Å². The van der Waals surface area contributed by atoms with Crippen LogP contribution in [0.4, 0.5) is 0 Å². The van der Waals surface area contributed by atoms with E-state index in [1.165, 1.54) is 18.2 Å². The van der Waals surface area contributed by atoms with Gasteiger partial charge >= 0.3 is 11.9 Å². The minimum Gasteiger partial charge on any atom is -0.504 e. The second-order valence-electron chi connectivity index (χ2n) is 5.34. The molecule has 7 nitrogen and oxygen atoms in total. The summed E-state index contributed by atoms with van der Waals surface area (Å²) in [7, 11) is 0. The summed E-state index contributed by atoms with van der Waals surface area (Å²) in [5.41, 5.74) is 0.725. The summed E-state index contributed by atoms with van der Waals surface area (Å²) >= 11 is 0. The van der Waals surface area contributed by atoms with Crippen molar-refractivity contribution < 1.29 is 29.6 Å². The molecule has 25 heavy (non-hydrogen) atoms. The normalized spacial score (nSPS) is 11.7. The van der Waals surface area contributed by atoms with E-state index in [0.29, 0.717) is 11.1 Å². The van der Waals surface area contributed by atoms with Crippen LogP contribution in [0.1, 0.15) is 15.9 Å². The number of benzene rings is 2. The number of phenols is 2. The fraction of sp³-hybridized carbons (Fsp3) is 0.222. The van der Waals surface area contributed by atoms with E-state index >= 15 is 0 Å². The van der Waals surface area contributed by atoms with E-state index in [2.05, 4.69) is 5.32 Å². The molecule has 1 atom stereocenters. The van der Waals surface area contributed by atoms with Gasteiger partial charge in [0.2, 0.25) is 0 Å². The molecule has 0 fully saturated rings. The molecule has 0 heterocycles. The summed E-state index contributed by atoms with van der Waals surface area (Å²) < 4.78 is 5.07. The number of carboxylic acid groups (broad SMARTS) is 1. The number of rotatable bonds is 8. The van der Waals surface area contributed by atoms with Crippen molar-refractivity contribution in [3.63, 3.8) is 0 Å². The first-order valence-corrected chi connectivity index (χ1v) is 7.67. The minimum atomic E-state index is -1.11. The monoisotopic (exact) mass is 345 g/mol. The zero-order valence-corrected chi connectivity index (χ0v) is 13.4. The molecule has 0 aromatic heterocycles. The second kappa shape index (κ2) is 8.70. The Balaban J connectivity index is 1.85. The van der Waals surface area contributed by atoms with Gasteiger partial charge in [-0.2, -0.15) is 0 Å². The average molecular weight is 345 g/mol. The zero-order chi connectivity index (χ0) is 18.2. The SMILES string of the molecule is O=C(OCCN[C@@H](Cc1cccc(O)c1O)C(=O)O)c1ccccc1. The highest BCUT2D eigenvalue weighted by Crippen LogP contribution is 2.28. The molecule has 7 heteroatoms. The molecule has 0 saturated carbocycles. The Morgan fingerprint density at radius 3 is 2.44 bits per heavy atom. The van der Waals surface area contributed by atoms with Gasteiger partial charge in [-0.05, 0) is 23.8 Å². The van der Waals surface area contributed by atoms with Gasteiger partial charge in [-0.3, -0.25) is 4.79 Å². The lowest BCUT2D eigenvalue weighted by molar-refractivity contribution is -0.139. The molecular formula is C18H19NO6. The Kier molecular flexibility index (Phi) is 6.36.